The lowest BCUT2D eigenvalue weighted by atomic mass is 11.0. The molecule has 3 heteroatoms. The summed E-state index contributed by atoms with van der Waals surface area (Å²) in [4.78, 5) is 0. The number of hydrogen-bond acceptors (Lipinski definition) is 0. The summed E-state index contributed by atoms with van der Waals surface area (Å²) in [5.41, 5.74) is 0. The fraction of sp³-hybridized carbons (Fsp3) is 0.500. The Morgan fingerprint density at radius 2 is 1.57 bits per heavy atom. The van der Waals surface area contributed by atoms with Crippen molar-refractivity contribution in [1.29, 1.82) is 0 Å². The number of halogens is 2. The van der Waals surface area contributed by atoms with E-state index in [1.807, 2.05) is 6.92 Å². The molecule has 0 saturated heterocycles. The summed E-state index contributed by atoms with van der Waals surface area (Å²) in [7, 11) is 10.7. The van der Waals surface area contributed by atoms with Crippen molar-refractivity contribution in [3.05, 3.63) is 13.2 Å². The molecule has 42 valence electrons. The second-order valence-electron chi connectivity index (χ2n) is 0.799. The Balaban J connectivity index is 0. The summed E-state index contributed by atoms with van der Waals surface area (Å²) in [6, 6.07) is 0. The standard InChI is InChI=1S/C2H5.C2H4.Al.2ClH/c2*1-2;;;/h1H2,2H3;1-2H2;;2*1H/q;;+2;;/p-2. The van der Waals surface area contributed by atoms with Crippen LogP contribution in [0.2, 0.25) is 5.28 Å². The van der Waals surface area contributed by atoms with Gasteiger partial charge in [-0.15, -0.1) is 13.2 Å². The number of hydrogen-bond donors (Lipinski definition) is 0. The molecule has 0 aromatic heterocycles. The predicted molar refractivity (Wildman–Crippen MR) is 39.2 cm³/mol. The number of rotatable bonds is 1. The third-order valence-corrected chi connectivity index (χ3v) is 2.78. The smallest absolute Gasteiger partial charge is 0.234 e. The molecular formula is C4H9AlCl2. The average Bonchev–Trinajstić information content (AvgIpc) is 1.73. The van der Waals surface area contributed by atoms with Gasteiger partial charge in [-0.05, 0) is 0 Å². The molecule has 0 atom stereocenters. The maximum Gasteiger partial charge on any atom is 0.519 e. The third kappa shape index (κ3) is 19.8. The molecule has 0 radical (unpaired) electrons. The topological polar surface area (TPSA) is 0 Å². The zero-order chi connectivity index (χ0) is 6.28. The summed E-state index contributed by atoms with van der Waals surface area (Å²) in [5, 5.41) is 0.975. The fourth-order valence-corrected chi connectivity index (χ4v) is 0. The van der Waals surface area contributed by atoms with E-state index in [2.05, 4.69) is 13.2 Å². The maximum atomic E-state index is 5.37. The van der Waals surface area contributed by atoms with Gasteiger partial charge in [0.2, 0.25) is 0 Å². The Bertz CT molecular complexity index is 30.9. The van der Waals surface area contributed by atoms with E-state index in [9.17, 15) is 0 Å². The van der Waals surface area contributed by atoms with Gasteiger partial charge in [-0.3, -0.25) is 0 Å². The van der Waals surface area contributed by atoms with Crippen LogP contribution >= 0.6 is 20.1 Å². The highest BCUT2D eigenvalue weighted by atomic mass is 35.7. The van der Waals surface area contributed by atoms with E-state index in [0.29, 0.717) is 0 Å². The summed E-state index contributed by atoms with van der Waals surface area (Å²) in [6.45, 7) is 8.00. The van der Waals surface area contributed by atoms with Gasteiger partial charge in [-0.1, -0.05) is 12.2 Å². The van der Waals surface area contributed by atoms with Crippen molar-refractivity contribution in [2.45, 2.75) is 12.2 Å². The molecule has 0 aliphatic rings. The minimum atomic E-state index is -1.21. The lowest BCUT2D eigenvalue weighted by molar-refractivity contribution is 1.47. The molecule has 0 aromatic rings. The van der Waals surface area contributed by atoms with Crippen LogP contribution in [0.25, 0.3) is 0 Å². The van der Waals surface area contributed by atoms with E-state index in [0.717, 1.165) is 5.28 Å². The van der Waals surface area contributed by atoms with Gasteiger partial charge in [0.05, 0.1) is 0 Å². The van der Waals surface area contributed by atoms with Crippen LogP contribution in [0.3, 0.4) is 0 Å². The highest BCUT2D eigenvalue weighted by Crippen LogP contribution is 1.98. The van der Waals surface area contributed by atoms with Gasteiger partial charge in [0.15, 0.2) is 0 Å². The quantitative estimate of drug-likeness (QED) is 0.403. The molecule has 0 saturated carbocycles. The van der Waals surface area contributed by atoms with E-state index in [4.69, 9.17) is 20.1 Å². The Morgan fingerprint density at radius 3 is 1.57 bits per heavy atom. The molecule has 0 amide bonds. The second kappa shape index (κ2) is 9.97. The highest BCUT2D eigenvalue weighted by molar-refractivity contribution is 7.33. The van der Waals surface area contributed by atoms with E-state index in [-0.39, 0.29) is 0 Å². The van der Waals surface area contributed by atoms with Gasteiger partial charge in [0.1, 0.15) is 0 Å². The molecule has 0 aliphatic heterocycles. The third-order valence-electron chi connectivity index (χ3n) is 0.309. The van der Waals surface area contributed by atoms with Gasteiger partial charge < -0.3 is 0 Å². The van der Waals surface area contributed by atoms with Gasteiger partial charge >= 0.3 is 12.3 Å². The van der Waals surface area contributed by atoms with Gasteiger partial charge in [0, 0.05) is 0 Å². The van der Waals surface area contributed by atoms with Crippen molar-refractivity contribution in [2.75, 3.05) is 0 Å². The van der Waals surface area contributed by atoms with Crippen LogP contribution in [0, 0.1) is 0 Å². The van der Waals surface area contributed by atoms with Crippen LogP contribution in [0.15, 0.2) is 13.2 Å². The average molecular weight is 155 g/mol. The molecule has 0 N–H and O–H groups in total. The molecule has 0 nitrogen and oxygen atoms in total. The van der Waals surface area contributed by atoms with Crippen LogP contribution in [0.1, 0.15) is 6.92 Å². The first kappa shape index (κ1) is 10.8. The SMILES string of the molecule is C=C.C[CH2][Al]([Cl])[Cl]. The van der Waals surface area contributed by atoms with Gasteiger partial charge in [0.25, 0.3) is 0 Å². The normalized spacial score (nSPS) is 6.14. The Morgan fingerprint density at radius 1 is 1.43 bits per heavy atom. The molecule has 0 fully saturated rings. The minimum absolute atomic E-state index is 0.975. The molecular weight excluding hydrogens is 146 g/mol. The van der Waals surface area contributed by atoms with Crippen LogP contribution in [-0.2, 0) is 0 Å². The summed E-state index contributed by atoms with van der Waals surface area (Å²) in [6.07, 6.45) is 0. The van der Waals surface area contributed by atoms with E-state index in [1.165, 1.54) is 0 Å². The Labute approximate surface area is 57.9 Å². The molecule has 0 unspecified atom stereocenters. The maximum absolute atomic E-state index is 5.37. The first-order valence-corrected chi connectivity index (χ1v) is 6.36. The summed E-state index contributed by atoms with van der Waals surface area (Å²) < 4.78 is 0. The van der Waals surface area contributed by atoms with Gasteiger partial charge in [-0.2, -0.15) is 0 Å². The monoisotopic (exact) mass is 154 g/mol. The predicted octanol–water partition coefficient (Wildman–Crippen LogP) is 2.77. The van der Waals surface area contributed by atoms with Crippen LogP contribution in [-0.4, -0.2) is 12.3 Å². The van der Waals surface area contributed by atoms with Gasteiger partial charge in [-0.25, -0.2) is 20.1 Å². The van der Waals surface area contributed by atoms with E-state index >= 15 is 0 Å². The van der Waals surface area contributed by atoms with Crippen molar-refractivity contribution in [1.82, 2.24) is 0 Å². The first-order chi connectivity index (χ1) is 3.27. The second-order valence-corrected chi connectivity index (χ2v) is 6.23. The molecule has 0 bridgehead atoms. The van der Waals surface area contributed by atoms with Crippen molar-refractivity contribution < 1.29 is 0 Å². The zero-order valence-corrected chi connectivity index (χ0v) is 7.12. The Kier molecular flexibility index (Phi) is 15.3. The highest BCUT2D eigenvalue weighted by Gasteiger charge is 2.02. The summed E-state index contributed by atoms with van der Waals surface area (Å²) >= 11 is -1.21. The molecule has 0 rings (SSSR count). The van der Waals surface area contributed by atoms with Crippen molar-refractivity contribution in [2.24, 2.45) is 0 Å². The minimum Gasteiger partial charge on any atom is -0.234 e. The lowest BCUT2D eigenvalue weighted by Crippen LogP contribution is -1.83. The van der Waals surface area contributed by atoms with Crippen LogP contribution < -0.4 is 0 Å². The molecule has 0 aromatic carbocycles. The largest absolute Gasteiger partial charge is 0.519 e. The lowest BCUT2D eigenvalue weighted by Gasteiger charge is -1.74. The molecule has 0 spiro atoms. The fourth-order valence-electron chi connectivity index (χ4n) is 0. The van der Waals surface area contributed by atoms with Crippen molar-refractivity contribution in [3.63, 3.8) is 0 Å². The first-order valence-electron chi connectivity index (χ1n) is 2.05. The summed E-state index contributed by atoms with van der Waals surface area (Å²) in [5.74, 6) is 0. The molecule has 0 heterocycles. The zero-order valence-electron chi connectivity index (χ0n) is 4.45. The molecule has 7 heavy (non-hydrogen) atoms. The van der Waals surface area contributed by atoms with Crippen LogP contribution in [0.4, 0.5) is 0 Å². The Hall–Kier alpha value is 0.852. The van der Waals surface area contributed by atoms with Crippen molar-refractivity contribution in [3.8, 4) is 0 Å². The van der Waals surface area contributed by atoms with Crippen LogP contribution in [0.5, 0.6) is 0 Å². The van der Waals surface area contributed by atoms with E-state index in [1.54, 1.807) is 0 Å². The van der Waals surface area contributed by atoms with Crippen molar-refractivity contribution >= 4 is 32.4 Å². The van der Waals surface area contributed by atoms with E-state index < -0.39 is 12.3 Å². The molecule has 0 aliphatic carbocycles.